The normalized spacial score (nSPS) is 10.4. The predicted molar refractivity (Wildman–Crippen MR) is 93.5 cm³/mol. The molecule has 0 atom stereocenters. The second kappa shape index (κ2) is 6.44. The minimum absolute atomic E-state index is 0.473. The van der Waals surface area contributed by atoms with Crippen molar-refractivity contribution in [3.63, 3.8) is 0 Å². The molecule has 0 unspecified atom stereocenters. The summed E-state index contributed by atoms with van der Waals surface area (Å²) in [5.74, 6) is 1.13. The minimum Gasteiger partial charge on any atom is -0.339 e. The number of hydrogen-bond donors (Lipinski definition) is 2. The lowest BCUT2D eigenvalue weighted by Crippen LogP contribution is -2.04. The highest BCUT2D eigenvalue weighted by molar-refractivity contribution is 5.64. The van der Waals surface area contributed by atoms with Crippen LogP contribution in [0.3, 0.4) is 0 Å². The van der Waals surface area contributed by atoms with Gasteiger partial charge in [0, 0.05) is 11.4 Å². The average molecular weight is 305 g/mol. The number of hydrogen-bond acceptors (Lipinski definition) is 5. The van der Waals surface area contributed by atoms with Crippen molar-refractivity contribution >= 4 is 23.1 Å². The third-order valence-corrected chi connectivity index (χ3v) is 3.68. The van der Waals surface area contributed by atoms with Gasteiger partial charge in [-0.3, -0.25) is 0 Å². The van der Waals surface area contributed by atoms with Crippen LogP contribution < -0.4 is 10.6 Å². The van der Waals surface area contributed by atoms with E-state index >= 15 is 0 Å². The van der Waals surface area contributed by atoms with E-state index in [-0.39, 0.29) is 0 Å². The van der Waals surface area contributed by atoms with E-state index in [4.69, 9.17) is 0 Å². The summed E-state index contributed by atoms with van der Waals surface area (Å²) < 4.78 is 0. The molecule has 0 fully saturated rings. The van der Waals surface area contributed by atoms with Crippen LogP contribution in [-0.4, -0.2) is 15.2 Å². The first kappa shape index (κ1) is 15.0. The van der Waals surface area contributed by atoms with Crippen LogP contribution in [0.25, 0.3) is 0 Å². The van der Waals surface area contributed by atoms with Crippen molar-refractivity contribution in [2.75, 3.05) is 10.6 Å². The number of aromatic nitrogens is 3. The summed E-state index contributed by atoms with van der Waals surface area (Å²) in [5, 5.41) is 14.6. The van der Waals surface area contributed by atoms with Gasteiger partial charge in [-0.05, 0) is 43.5 Å². The van der Waals surface area contributed by atoms with Crippen LogP contribution in [0.1, 0.15) is 16.7 Å². The largest absolute Gasteiger partial charge is 0.339 e. The van der Waals surface area contributed by atoms with Gasteiger partial charge in [-0.2, -0.15) is 10.1 Å². The fourth-order valence-electron chi connectivity index (χ4n) is 2.39. The Bertz CT molecular complexity index is 809. The van der Waals surface area contributed by atoms with Gasteiger partial charge in [0.1, 0.15) is 0 Å². The summed E-state index contributed by atoms with van der Waals surface area (Å²) in [6.07, 6.45) is 1.61. The summed E-state index contributed by atoms with van der Waals surface area (Å²) in [4.78, 5) is 4.49. The number of nitrogens with zero attached hydrogens (tertiary/aromatic N) is 3. The molecule has 5 nitrogen and oxygen atoms in total. The summed E-state index contributed by atoms with van der Waals surface area (Å²) in [5.41, 5.74) is 5.46. The molecule has 0 aliphatic heterocycles. The van der Waals surface area contributed by atoms with E-state index in [9.17, 15) is 0 Å². The van der Waals surface area contributed by atoms with Gasteiger partial charge >= 0.3 is 0 Å². The monoisotopic (exact) mass is 305 g/mol. The van der Waals surface area contributed by atoms with Gasteiger partial charge in [-0.25, -0.2) is 0 Å². The van der Waals surface area contributed by atoms with Crippen molar-refractivity contribution in [3.8, 4) is 0 Å². The molecule has 3 aromatic rings. The zero-order chi connectivity index (χ0) is 16.2. The van der Waals surface area contributed by atoms with E-state index in [0.29, 0.717) is 11.8 Å². The molecule has 0 spiro atoms. The van der Waals surface area contributed by atoms with Crippen LogP contribution >= 0.6 is 0 Å². The van der Waals surface area contributed by atoms with Crippen LogP contribution in [0, 0.1) is 20.8 Å². The minimum atomic E-state index is 0.473. The highest BCUT2D eigenvalue weighted by Gasteiger charge is 2.06. The average Bonchev–Trinajstić information content (AvgIpc) is 2.54. The van der Waals surface area contributed by atoms with Crippen molar-refractivity contribution in [2.45, 2.75) is 20.8 Å². The van der Waals surface area contributed by atoms with Gasteiger partial charge in [0.05, 0.1) is 6.20 Å². The van der Waals surface area contributed by atoms with Gasteiger partial charge in [-0.1, -0.05) is 36.4 Å². The number of nitrogens with one attached hydrogen (secondary N) is 2. The smallest absolute Gasteiger partial charge is 0.249 e. The molecule has 2 aromatic carbocycles. The lowest BCUT2D eigenvalue weighted by Gasteiger charge is -2.12. The van der Waals surface area contributed by atoms with Gasteiger partial charge in [0.25, 0.3) is 0 Å². The molecule has 5 heteroatoms. The molecular weight excluding hydrogens is 286 g/mol. The van der Waals surface area contributed by atoms with Crippen molar-refractivity contribution in [2.24, 2.45) is 0 Å². The molecule has 0 amide bonds. The lowest BCUT2D eigenvalue weighted by molar-refractivity contribution is 0.980. The summed E-state index contributed by atoms with van der Waals surface area (Å²) in [6.45, 7) is 6.16. The van der Waals surface area contributed by atoms with Crippen molar-refractivity contribution in [1.29, 1.82) is 0 Å². The van der Waals surface area contributed by atoms with Gasteiger partial charge < -0.3 is 10.6 Å². The van der Waals surface area contributed by atoms with Crippen LogP contribution in [0.5, 0.6) is 0 Å². The quantitative estimate of drug-likeness (QED) is 0.753. The van der Waals surface area contributed by atoms with E-state index in [1.165, 1.54) is 0 Å². The third-order valence-electron chi connectivity index (χ3n) is 3.68. The summed E-state index contributed by atoms with van der Waals surface area (Å²) in [7, 11) is 0. The number of aryl methyl sites for hydroxylation is 3. The zero-order valence-electron chi connectivity index (χ0n) is 13.5. The van der Waals surface area contributed by atoms with Crippen LogP contribution in [0.4, 0.5) is 23.1 Å². The second-order valence-electron chi connectivity index (χ2n) is 5.50. The van der Waals surface area contributed by atoms with Gasteiger partial charge in [-0.15, -0.1) is 5.10 Å². The molecule has 1 heterocycles. The number of para-hydroxylation sites is 2. The Balaban J connectivity index is 1.84. The molecule has 0 aliphatic rings. The fraction of sp³-hybridized carbons (Fsp3) is 0.167. The van der Waals surface area contributed by atoms with E-state index in [1.54, 1.807) is 6.20 Å². The lowest BCUT2D eigenvalue weighted by atomic mass is 10.1. The molecular formula is C18H19N5. The summed E-state index contributed by atoms with van der Waals surface area (Å²) in [6, 6.07) is 14.2. The van der Waals surface area contributed by atoms with E-state index in [0.717, 1.165) is 28.1 Å². The summed E-state index contributed by atoms with van der Waals surface area (Å²) >= 11 is 0. The highest BCUT2D eigenvalue weighted by atomic mass is 15.3. The number of benzene rings is 2. The standard InChI is InChI=1S/C18H19N5/c1-12-7-4-5-10-15(12)20-16-11-19-23-18(21-16)22-17-13(2)8-6-9-14(17)3/h4-11H,1-3H3,(H2,20,21,22,23). The third kappa shape index (κ3) is 3.45. The SMILES string of the molecule is Cc1ccccc1Nc1cnnc(Nc2c(C)cccc2C)n1. The van der Waals surface area contributed by atoms with Crippen LogP contribution in [0.15, 0.2) is 48.7 Å². The van der Waals surface area contributed by atoms with Gasteiger partial charge in [0.2, 0.25) is 5.95 Å². The molecule has 23 heavy (non-hydrogen) atoms. The van der Waals surface area contributed by atoms with E-state index in [2.05, 4.69) is 51.8 Å². The van der Waals surface area contributed by atoms with E-state index in [1.807, 2.05) is 37.3 Å². The zero-order valence-corrected chi connectivity index (χ0v) is 13.5. The van der Waals surface area contributed by atoms with Crippen molar-refractivity contribution in [3.05, 3.63) is 65.4 Å². The molecule has 3 rings (SSSR count). The molecule has 0 saturated carbocycles. The number of anilines is 4. The molecule has 2 N–H and O–H groups in total. The topological polar surface area (TPSA) is 62.7 Å². The van der Waals surface area contributed by atoms with Gasteiger partial charge in [0.15, 0.2) is 5.82 Å². The Morgan fingerprint density at radius 1 is 0.783 bits per heavy atom. The van der Waals surface area contributed by atoms with E-state index < -0.39 is 0 Å². The van der Waals surface area contributed by atoms with Crippen molar-refractivity contribution < 1.29 is 0 Å². The molecule has 0 saturated heterocycles. The Hall–Kier alpha value is -2.95. The maximum atomic E-state index is 4.49. The maximum absolute atomic E-state index is 4.49. The van der Waals surface area contributed by atoms with Crippen LogP contribution in [0.2, 0.25) is 0 Å². The van der Waals surface area contributed by atoms with Crippen molar-refractivity contribution in [1.82, 2.24) is 15.2 Å². The Morgan fingerprint density at radius 2 is 1.48 bits per heavy atom. The Labute approximate surface area is 135 Å². The highest BCUT2D eigenvalue weighted by Crippen LogP contribution is 2.23. The molecule has 0 bridgehead atoms. The molecule has 116 valence electrons. The maximum Gasteiger partial charge on any atom is 0.249 e. The predicted octanol–water partition coefficient (Wildman–Crippen LogP) is 4.28. The Morgan fingerprint density at radius 3 is 2.22 bits per heavy atom. The molecule has 1 aromatic heterocycles. The first-order chi connectivity index (χ1) is 11.1. The number of rotatable bonds is 4. The van der Waals surface area contributed by atoms with Crippen LogP contribution in [-0.2, 0) is 0 Å². The fourth-order valence-corrected chi connectivity index (χ4v) is 2.39. The Kier molecular flexibility index (Phi) is 4.19. The molecule has 0 radical (unpaired) electrons. The first-order valence-corrected chi connectivity index (χ1v) is 7.49. The second-order valence-corrected chi connectivity index (χ2v) is 5.50. The molecule has 0 aliphatic carbocycles. The first-order valence-electron chi connectivity index (χ1n) is 7.49.